The van der Waals surface area contributed by atoms with E-state index in [1.54, 1.807) is 0 Å². The molecule has 0 saturated carbocycles. The molecule has 2 aliphatic rings. The minimum absolute atomic E-state index is 0. The van der Waals surface area contributed by atoms with E-state index < -0.39 is 0 Å². The zero-order chi connectivity index (χ0) is 17.5. The van der Waals surface area contributed by atoms with Gasteiger partial charge in [-0.05, 0) is 50.3 Å². The molecule has 2 fully saturated rings. The van der Waals surface area contributed by atoms with Gasteiger partial charge in [0.15, 0.2) is 0 Å². The first-order chi connectivity index (χ1) is 12.2. The summed E-state index contributed by atoms with van der Waals surface area (Å²) in [6.45, 7) is 3.53. The zero-order valence-corrected chi connectivity index (χ0v) is 16.1. The third-order valence-electron chi connectivity index (χ3n) is 5.32. The van der Waals surface area contributed by atoms with Crippen LogP contribution in [-0.4, -0.2) is 48.9 Å². The van der Waals surface area contributed by atoms with Crippen molar-refractivity contribution in [3.63, 3.8) is 0 Å². The minimum atomic E-state index is 0. The largest absolute Gasteiger partial charge is 0.352 e. The lowest BCUT2D eigenvalue weighted by atomic mass is 10.0. The van der Waals surface area contributed by atoms with Gasteiger partial charge in [0.05, 0.1) is 0 Å². The van der Waals surface area contributed by atoms with Gasteiger partial charge >= 0.3 is 0 Å². The third-order valence-corrected chi connectivity index (χ3v) is 5.32. The van der Waals surface area contributed by atoms with Crippen LogP contribution in [0.1, 0.15) is 37.7 Å². The number of aryl methyl sites for hydroxylation is 1. The van der Waals surface area contributed by atoms with Gasteiger partial charge in [0.1, 0.15) is 0 Å². The summed E-state index contributed by atoms with van der Waals surface area (Å²) in [5, 5.41) is 6.44. The Hall–Kier alpha value is -1.59. The van der Waals surface area contributed by atoms with E-state index in [9.17, 15) is 9.59 Å². The molecule has 0 aromatic heterocycles. The molecule has 1 aromatic carbocycles. The van der Waals surface area contributed by atoms with Gasteiger partial charge in [-0.2, -0.15) is 0 Å². The van der Waals surface area contributed by atoms with Crippen LogP contribution in [0.25, 0.3) is 0 Å². The average Bonchev–Trinajstić information content (AvgIpc) is 3.31. The SMILES string of the molecule is Cl.O=C(CCC1CCNC1)NC1CCN(C(=O)CCc2ccccc2)C1. The topological polar surface area (TPSA) is 61.4 Å². The average molecular weight is 380 g/mol. The summed E-state index contributed by atoms with van der Waals surface area (Å²) >= 11 is 0. The van der Waals surface area contributed by atoms with Crippen molar-refractivity contribution in [2.45, 2.75) is 44.6 Å². The normalized spacial score (nSPS) is 22.1. The van der Waals surface area contributed by atoms with E-state index in [4.69, 9.17) is 0 Å². The van der Waals surface area contributed by atoms with E-state index in [0.717, 1.165) is 38.9 Å². The summed E-state index contributed by atoms with van der Waals surface area (Å²) < 4.78 is 0. The van der Waals surface area contributed by atoms with Crippen LogP contribution in [-0.2, 0) is 16.0 Å². The Bertz CT molecular complexity index is 576. The third kappa shape index (κ3) is 6.29. The predicted octanol–water partition coefficient (Wildman–Crippen LogP) is 2.15. The van der Waals surface area contributed by atoms with Crippen molar-refractivity contribution in [1.82, 2.24) is 15.5 Å². The molecule has 0 radical (unpaired) electrons. The molecule has 0 spiro atoms. The molecule has 2 N–H and O–H groups in total. The molecule has 2 heterocycles. The number of nitrogens with one attached hydrogen (secondary N) is 2. The highest BCUT2D eigenvalue weighted by Crippen LogP contribution is 2.16. The number of hydrogen-bond acceptors (Lipinski definition) is 3. The van der Waals surface area contributed by atoms with Crippen molar-refractivity contribution in [2.24, 2.45) is 5.92 Å². The summed E-state index contributed by atoms with van der Waals surface area (Å²) in [6.07, 6.45) is 4.94. The maximum absolute atomic E-state index is 12.4. The lowest BCUT2D eigenvalue weighted by molar-refractivity contribution is -0.130. The molecule has 5 nitrogen and oxygen atoms in total. The lowest BCUT2D eigenvalue weighted by Crippen LogP contribution is -2.38. The summed E-state index contributed by atoms with van der Waals surface area (Å²) in [5.41, 5.74) is 1.20. The van der Waals surface area contributed by atoms with Crippen molar-refractivity contribution in [3.8, 4) is 0 Å². The molecule has 2 amide bonds. The molecule has 26 heavy (non-hydrogen) atoms. The van der Waals surface area contributed by atoms with Gasteiger partial charge in [-0.25, -0.2) is 0 Å². The number of rotatable bonds is 7. The Kier molecular flexibility index (Phi) is 8.39. The van der Waals surface area contributed by atoms with Gasteiger partial charge in [0, 0.05) is 32.0 Å². The number of likely N-dealkylation sites (tertiary alicyclic amines) is 1. The molecule has 2 unspecified atom stereocenters. The second-order valence-corrected chi connectivity index (χ2v) is 7.28. The van der Waals surface area contributed by atoms with E-state index in [1.165, 1.54) is 12.0 Å². The maximum Gasteiger partial charge on any atom is 0.222 e. The smallest absolute Gasteiger partial charge is 0.222 e. The number of benzene rings is 1. The first-order valence-corrected chi connectivity index (χ1v) is 9.52. The molecule has 0 aliphatic carbocycles. The van der Waals surface area contributed by atoms with Crippen molar-refractivity contribution in [2.75, 3.05) is 26.2 Å². The van der Waals surface area contributed by atoms with E-state index >= 15 is 0 Å². The predicted molar refractivity (Wildman–Crippen MR) is 105 cm³/mol. The molecule has 2 atom stereocenters. The number of carbonyl (C=O) groups is 2. The van der Waals surface area contributed by atoms with Gasteiger partial charge < -0.3 is 15.5 Å². The van der Waals surface area contributed by atoms with E-state index in [2.05, 4.69) is 22.8 Å². The molecule has 0 bridgehead atoms. The molecule has 1 aromatic rings. The Balaban J connectivity index is 0.00000243. The minimum Gasteiger partial charge on any atom is -0.352 e. The fourth-order valence-electron chi connectivity index (χ4n) is 3.75. The van der Waals surface area contributed by atoms with Gasteiger partial charge in [-0.15, -0.1) is 12.4 Å². The summed E-state index contributed by atoms with van der Waals surface area (Å²) in [7, 11) is 0. The Labute approximate surface area is 162 Å². The van der Waals surface area contributed by atoms with Crippen molar-refractivity contribution < 1.29 is 9.59 Å². The van der Waals surface area contributed by atoms with Crippen LogP contribution in [0.5, 0.6) is 0 Å². The quantitative estimate of drug-likeness (QED) is 0.763. The summed E-state index contributed by atoms with van der Waals surface area (Å²) in [5.74, 6) is 0.971. The molecule has 6 heteroatoms. The van der Waals surface area contributed by atoms with Crippen LogP contribution in [0, 0.1) is 5.92 Å². The van der Waals surface area contributed by atoms with Crippen molar-refractivity contribution in [3.05, 3.63) is 35.9 Å². The molecule has 144 valence electrons. The number of nitrogens with zero attached hydrogens (tertiary/aromatic N) is 1. The second kappa shape index (κ2) is 10.5. The standard InChI is InChI=1S/C20H29N3O2.ClH/c24-19(8-6-17-10-12-21-14-17)22-18-11-13-23(15-18)20(25)9-7-16-4-2-1-3-5-16;/h1-5,17-18,21H,6-15H2,(H,22,24);1H. The van der Waals surface area contributed by atoms with Gasteiger partial charge in [-0.1, -0.05) is 30.3 Å². The zero-order valence-electron chi connectivity index (χ0n) is 15.3. The fraction of sp³-hybridized carbons (Fsp3) is 0.600. The summed E-state index contributed by atoms with van der Waals surface area (Å²) in [4.78, 5) is 26.4. The number of carbonyl (C=O) groups excluding carboxylic acids is 2. The maximum atomic E-state index is 12.4. The fourth-order valence-corrected chi connectivity index (χ4v) is 3.75. The number of hydrogen-bond donors (Lipinski definition) is 2. The van der Waals surface area contributed by atoms with E-state index in [-0.39, 0.29) is 30.3 Å². The number of halogens is 1. The Morgan fingerprint density at radius 3 is 2.69 bits per heavy atom. The van der Waals surface area contributed by atoms with Crippen LogP contribution in [0.15, 0.2) is 30.3 Å². The highest BCUT2D eigenvalue weighted by molar-refractivity contribution is 5.85. The molecular weight excluding hydrogens is 350 g/mol. The van der Waals surface area contributed by atoms with Gasteiger partial charge in [-0.3, -0.25) is 9.59 Å². The monoisotopic (exact) mass is 379 g/mol. The lowest BCUT2D eigenvalue weighted by Gasteiger charge is -2.17. The Morgan fingerprint density at radius 2 is 1.96 bits per heavy atom. The molecule has 3 rings (SSSR count). The van der Waals surface area contributed by atoms with Crippen LogP contribution in [0.3, 0.4) is 0 Å². The van der Waals surface area contributed by atoms with Crippen LogP contribution in [0.2, 0.25) is 0 Å². The van der Waals surface area contributed by atoms with Crippen LogP contribution >= 0.6 is 12.4 Å². The number of amides is 2. The Morgan fingerprint density at radius 1 is 1.15 bits per heavy atom. The van der Waals surface area contributed by atoms with E-state index in [0.29, 0.717) is 25.3 Å². The molecule has 2 saturated heterocycles. The second-order valence-electron chi connectivity index (χ2n) is 7.28. The van der Waals surface area contributed by atoms with Crippen LogP contribution in [0.4, 0.5) is 0 Å². The molecule has 2 aliphatic heterocycles. The van der Waals surface area contributed by atoms with Gasteiger partial charge in [0.2, 0.25) is 11.8 Å². The van der Waals surface area contributed by atoms with Crippen molar-refractivity contribution in [1.29, 1.82) is 0 Å². The molecular formula is C20H30ClN3O2. The summed E-state index contributed by atoms with van der Waals surface area (Å²) in [6, 6.07) is 10.2. The highest BCUT2D eigenvalue weighted by atomic mass is 35.5. The highest BCUT2D eigenvalue weighted by Gasteiger charge is 2.27. The first kappa shape index (κ1) is 20.7. The van der Waals surface area contributed by atoms with Gasteiger partial charge in [0.25, 0.3) is 0 Å². The first-order valence-electron chi connectivity index (χ1n) is 9.52. The van der Waals surface area contributed by atoms with E-state index in [1.807, 2.05) is 23.1 Å². The van der Waals surface area contributed by atoms with Crippen molar-refractivity contribution >= 4 is 24.2 Å². The van der Waals surface area contributed by atoms with Crippen LogP contribution < -0.4 is 10.6 Å².